The van der Waals surface area contributed by atoms with Crippen LogP contribution < -0.4 is 16.9 Å². The van der Waals surface area contributed by atoms with Gasteiger partial charge in [-0.15, -0.1) is 0 Å². The van der Waals surface area contributed by atoms with Crippen LogP contribution in [0.15, 0.2) is 17.2 Å². The highest BCUT2D eigenvalue weighted by molar-refractivity contribution is 5.50. The van der Waals surface area contributed by atoms with Crippen molar-refractivity contribution >= 4 is 6.34 Å². The summed E-state index contributed by atoms with van der Waals surface area (Å²) in [5.41, 5.74) is 5.03. The van der Waals surface area contributed by atoms with Gasteiger partial charge < -0.3 is 11.1 Å². The maximum absolute atomic E-state index is 13.7. The average molecular weight is 275 g/mol. The molecule has 0 aliphatic heterocycles. The molecule has 0 radical (unpaired) electrons. The molecular weight excluding hydrogens is 259 g/mol. The predicted octanol–water partition coefficient (Wildman–Crippen LogP) is 0.832. The van der Waals surface area contributed by atoms with Crippen LogP contribution in [0.1, 0.15) is 18.0 Å². The zero-order valence-corrected chi connectivity index (χ0v) is 10.4. The summed E-state index contributed by atoms with van der Waals surface area (Å²) in [6.07, 6.45) is 1.27. The molecule has 0 saturated carbocycles. The second-order valence-corrected chi connectivity index (χ2v) is 3.84. The van der Waals surface area contributed by atoms with E-state index in [0.29, 0.717) is 19.0 Å². The molecule has 5 nitrogen and oxygen atoms in total. The number of rotatable bonds is 6. The normalized spacial score (nSPS) is 12.9. The van der Waals surface area contributed by atoms with Crippen LogP contribution in [0.3, 0.4) is 0 Å². The number of hydrogen-bond acceptors (Lipinski definition) is 4. The molecule has 106 valence electrons. The summed E-state index contributed by atoms with van der Waals surface area (Å²) in [7, 11) is 1.70. The van der Waals surface area contributed by atoms with Gasteiger partial charge in [-0.3, -0.25) is 0 Å². The van der Waals surface area contributed by atoms with Crippen molar-refractivity contribution in [2.45, 2.75) is 12.5 Å². The number of halogens is 3. The van der Waals surface area contributed by atoms with E-state index in [9.17, 15) is 13.2 Å². The third-order valence-corrected chi connectivity index (χ3v) is 2.59. The Hall–Kier alpha value is -1.80. The highest BCUT2D eigenvalue weighted by Crippen LogP contribution is 2.26. The van der Waals surface area contributed by atoms with Crippen LogP contribution in [0.4, 0.5) is 13.2 Å². The first kappa shape index (κ1) is 15.3. The zero-order valence-electron chi connectivity index (χ0n) is 10.4. The van der Waals surface area contributed by atoms with E-state index in [1.165, 1.54) is 0 Å². The summed E-state index contributed by atoms with van der Waals surface area (Å²) in [5.74, 6) is 2.32. The second kappa shape index (κ2) is 6.95. The molecule has 0 heterocycles. The fourth-order valence-electron chi connectivity index (χ4n) is 1.66. The predicted molar refractivity (Wildman–Crippen MR) is 66.3 cm³/mol. The van der Waals surface area contributed by atoms with Crippen LogP contribution in [-0.2, 0) is 0 Å². The van der Waals surface area contributed by atoms with E-state index >= 15 is 0 Å². The summed E-state index contributed by atoms with van der Waals surface area (Å²) in [6.45, 7) is 0.483. The molecule has 1 rings (SSSR count). The van der Waals surface area contributed by atoms with Gasteiger partial charge in [-0.25, -0.2) is 24.1 Å². The van der Waals surface area contributed by atoms with E-state index in [-0.39, 0.29) is 5.56 Å². The van der Waals surface area contributed by atoms with Crippen molar-refractivity contribution in [1.29, 1.82) is 0 Å². The minimum Gasteiger partial charge on any atom is -0.388 e. The largest absolute Gasteiger partial charge is 0.388 e. The van der Waals surface area contributed by atoms with E-state index in [4.69, 9.17) is 11.6 Å². The number of nitrogens with one attached hydrogen (secondary N) is 1. The monoisotopic (exact) mass is 275 g/mol. The molecule has 5 N–H and O–H groups in total. The molecular formula is C11H16F3N5. The number of benzene rings is 1. The Morgan fingerprint density at radius 3 is 2.53 bits per heavy atom. The van der Waals surface area contributed by atoms with Crippen LogP contribution >= 0.6 is 0 Å². The number of hydrogen-bond donors (Lipinski definition) is 3. The Bertz CT molecular complexity index is 452. The van der Waals surface area contributed by atoms with Crippen LogP contribution in [0, 0.1) is 17.5 Å². The first-order valence-electron chi connectivity index (χ1n) is 5.58. The number of nitrogens with zero attached hydrogens (tertiary/aromatic N) is 2. The van der Waals surface area contributed by atoms with Crippen LogP contribution in [-0.4, -0.2) is 25.0 Å². The minimum absolute atomic E-state index is 0.0812. The lowest BCUT2D eigenvalue weighted by atomic mass is 10.0. The first-order valence-corrected chi connectivity index (χ1v) is 5.58. The van der Waals surface area contributed by atoms with Crippen molar-refractivity contribution < 1.29 is 13.2 Å². The van der Waals surface area contributed by atoms with Gasteiger partial charge in [0.2, 0.25) is 0 Å². The second-order valence-electron chi connectivity index (χ2n) is 3.84. The molecule has 19 heavy (non-hydrogen) atoms. The van der Waals surface area contributed by atoms with Gasteiger partial charge >= 0.3 is 0 Å². The summed E-state index contributed by atoms with van der Waals surface area (Å²) in [5, 5.41) is 7.37. The number of hydrazone groups is 1. The molecule has 0 spiro atoms. The molecule has 1 aromatic rings. The molecule has 1 atom stereocenters. The Balaban J connectivity index is 3.12. The molecule has 1 aromatic carbocycles. The highest BCUT2D eigenvalue weighted by atomic mass is 19.2. The van der Waals surface area contributed by atoms with Gasteiger partial charge in [0.05, 0.1) is 6.04 Å². The zero-order chi connectivity index (χ0) is 14.4. The van der Waals surface area contributed by atoms with Crippen molar-refractivity contribution in [3.63, 3.8) is 0 Å². The topological polar surface area (TPSA) is 79.7 Å². The van der Waals surface area contributed by atoms with E-state index in [0.717, 1.165) is 17.5 Å². The molecule has 0 amide bonds. The third-order valence-electron chi connectivity index (χ3n) is 2.59. The molecule has 0 bridgehead atoms. The third kappa shape index (κ3) is 3.83. The number of hydrazine groups is 1. The van der Waals surface area contributed by atoms with Gasteiger partial charge in [0.1, 0.15) is 12.2 Å². The van der Waals surface area contributed by atoms with E-state index < -0.39 is 23.5 Å². The van der Waals surface area contributed by atoms with Crippen molar-refractivity contribution in [3.05, 3.63) is 35.1 Å². The van der Waals surface area contributed by atoms with E-state index in [1.54, 1.807) is 7.05 Å². The molecule has 0 saturated heterocycles. The lowest BCUT2D eigenvalue weighted by molar-refractivity contribution is 0.196. The Kier molecular flexibility index (Phi) is 5.58. The van der Waals surface area contributed by atoms with E-state index in [1.807, 2.05) is 0 Å². The number of nitrogens with two attached hydrogens (primary N) is 2. The first-order chi connectivity index (χ1) is 9.01. The van der Waals surface area contributed by atoms with Crippen LogP contribution in [0.25, 0.3) is 0 Å². The van der Waals surface area contributed by atoms with Crippen LogP contribution in [0.5, 0.6) is 0 Å². The molecule has 1 unspecified atom stereocenters. The fraction of sp³-hybridized carbons (Fsp3) is 0.364. The summed E-state index contributed by atoms with van der Waals surface area (Å²) >= 11 is 0. The Labute approximate surface area is 109 Å². The van der Waals surface area contributed by atoms with Gasteiger partial charge in [0.15, 0.2) is 11.6 Å². The van der Waals surface area contributed by atoms with Gasteiger partial charge in [-0.05, 0) is 26.1 Å². The quantitative estimate of drug-likeness (QED) is 0.236. The SMILES string of the molecule is CNCCC(c1cc(F)c(F)cc1F)N(N)/N=C\N. The maximum Gasteiger partial charge on any atom is 0.161 e. The Morgan fingerprint density at radius 1 is 1.32 bits per heavy atom. The van der Waals surface area contributed by atoms with Gasteiger partial charge in [-0.1, -0.05) is 0 Å². The molecule has 0 fully saturated rings. The standard InChI is InChI=1S/C11H16F3N5/c1-17-3-2-11(19(16)18-6-15)7-4-9(13)10(14)5-8(7)12/h4-6,11,17H,2-3,16H2,1H3,(H2,15,18). The summed E-state index contributed by atoms with van der Waals surface area (Å²) in [4.78, 5) is 0. The molecule has 0 aromatic heterocycles. The van der Waals surface area contributed by atoms with E-state index in [2.05, 4.69) is 10.4 Å². The smallest absolute Gasteiger partial charge is 0.161 e. The fourth-order valence-corrected chi connectivity index (χ4v) is 1.66. The van der Waals surface area contributed by atoms with Gasteiger partial charge in [0, 0.05) is 11.6 Å². The van der Waals surface area contributed by atoms with Gasteiger partial charge in [0.25, 0.3) is 0 Å². The van der Waals surface area contributed by atoms with Crippen LogP contribution in [0.2, 0.25) is 0 Å². The lowest BCUT2D eigenvalue weighted by Crippen LogP contribution is -2.33. The van der Waals surface area contributed by atoms with Gasteiger partial charge in [-0.2, -0.15) is 5.10 Å². The van der Waals surface area contributed by atoms with Crippen molar-refractivity contribution in [2.75, 3.05) is 13.6 Å². The van der Waals surface area contributed by atoms with Crippen molar-refractivity contribution in [1.82, 2.24) is 10.4 Å². The van der Waals surface area contributed by atoms with Crippen molar-refractivity contribution in [2.24, 2.45) is 16.7 Å². The van der Waals surface area contributed by atoms with Crippen molar-refractivity contribution in [3.8, 4) is 0 Å². The highest BCUT2D eigenvalue weighted by Gasteiger charge is 2.22. The molecule has 0 aliphatic rings. The minimum atomic E-state index is -1.25. The average Bonchev–Trinajstić information content (AvgIpc) is 2.36. The summed E-state index contributed by atoms with van der Waals surface area (Å²) < 4.78 is 39.8. The molecule has 8 heteroatoms. The molecule has 0 aliphatic carbocycles. The summed E-state index contributed by atoms with van der Waals surface area (Å²) in [6, 6.07) is 0.496. The lowest BCUT2D eigenvalue weighted by Gasteiger charge is -2.25. The Morgan fingerprint density at radius 2 is 1.95 bits per heavy atom. The maximum atomic E-state index is 13.7.